The zero-order valence-electron chi connectivity index (χ0n) is 29.7. The van der Waals surface area contributed by atoms with E-state index in [9.17, 15) is 25.5 Å². The normalized spacial score (nSPS) is 18.8. The summed E-state index contributed by atoms with van der Waals surface area (Å²) in [7, 11) is 0. The van der Waals surface area contributed by atoms with Gasteiger partial charge in [-0.2, -0.15) is 0 Å². The molecule has 0 aliphatic heterocycles. The lowest BCUT2D eigenvalue weighted by Gasteiger charge is -2.30. The first-order valence-electron chi connectivity index (χ1n) is 18.0. The van der Waals surface area contributed by atoms with Gasteiger partial charge >= 0.3 is 0 Å². The highest BCUT2D eigenvalue weighted by Crippen LogP contribution is 2.48. The zero-order valence-corrected chi connectivity index (χ0v) is 29.7. The van der Waals surface area contributed by atoms with Crippen LogP contribution in [0, 0.1) is 0 Å². The smallest absolute Gasteiger partial charge is 0.198 e. The molecule has 3 aromatic carbocycles. The molecule has 4 atom stereocenters. The summed E-state index contributed by atoms with van der Waals surface area (Å²) in [6.07, 6.45) is 9.31. The second-order valence-corrected chi connectivity index (χ2v) is 13.6. The Labute approximate surface area is 304 Å². The molecule has 0 radical (unpaired) electrons. The number of hydrogen-bond donors (Lipinski definition) is 5. The number of rotatable bonds is 12. The Kier molecular flexibility index (Phi) is 9.55. The summed E-state index contributed by atoms with van der Waals surface area (Å²) >= 11 is 0. The van der Waals surface area contributed by atoms with Gasteiger partial charge in [-0.15, -0.1) is 0 Å². The molecule has 0 saturated heterocycles. The maximum Gasteiger partial charge on any atom is 0.198 e. The monoisotopic (exact) mass is 702 g/mol. The van der Waals surface area contributed by atoms with Crippen LogP contribution in [0.3, 0.4) is 0 Å². The molecule has 0 amide bonds. The fourth-order valence-corrected chi connectivity index (χ4v) is 7.87. The summed E-state index contributed by atoms with van der Waals surface area (Å²) in [6, 6.07) is 24.4. The van der Waals surface area contributed by atoms with Crippen molar-refractivity contribution in [2.75, 3.05) is 13.2 Å². The van der Waals surface area contributed by atoms with Crippen molar-refractivity contribution in [1.29, 1.82) is 0 Å². The molecule has 270 valence electrons. The van der Waals surface area contributed by atoms with Gasteiger partial charge in [0.1, 0.15) is 17.1 Å². The summed E-state index contributed by atoms with van der Waals surface area (Å²) in [5.74, 6) is 1.41. The maximum atomic E-state index is 12.5. The van der Waals surface area contributed by atoms with Crippen molar-refractivity contribution in [3.63, 3.8) is 0 Å². The largest absolute Gasteiger partial charge is 0.494 e. The number of aromatic hydroxyl groups is 4. The van der Waals surface area contributed by atoms with Crippen molar-refractivity contribution in [3.8, 4) is 35.0 Å². The fraction of sp³-hybridized carbons (Fsp3) is 0.302. The minimum atomic E-state index is -1.46. The molecule has 5 aromatic rings. The second kappa shape index (κ2) is 14.2. The molecule has 9 nitrogen and oxygen atoms in total. The first kappa shape index (κ1) is 34.9. The van der Waals surface area contributed by atoms with E-state index in [1.54, 1.807) is 4.57 Å². The Morgan fingerprint density at radius 3 is 1.83 bits per heavy atom. The number of aromatic nitrogens is 2. The third-order valence-electron chi connectivity index (χ3n) is 10.6. The summed E-state index contributed by atoms with van der Waals surface area (Å²) in [5, 5.41) is 55.5. The molecule has 2 aliphatic rings. The molecule has 0 saturated carbocycles. The van der Waals surface area contributed by atoms with Gasteiger partial charge in [-0.25, -0.2) is 0 Å². The predicted molar refractivity (Wildman–Crippen MR) is 200 cm³/mol. The molecule has 9 heteroatoms. The van der Waals surface area contributed by atoms with Crippen molar-refractivity contribution in [2.24, 2.45) is 0 Å². The topological polar surface area (TPSA) is 129 Å². The van der Waals surface area contributed by atoms with E-state index in [1.807, 2.05) is 112 Å². The Morgan fingerprint density at radius 2 is 1.19 bits per heavy atom. The van der Waals surface area contributed by atoms with Gasteiger partial charge in [0.05, 0.1) is 13.2 Å². The molecule has 0 fully saturated rings. The first-order chi connectivity index (χ1) is 25.2. The number of benzene rings is 3. The number of fused-ring (bicyclic) bond motifs is 2. The number of hydrogen-bond acceptors (Lipinski definition) is 7. The maximum absolute atomic E-state index is 12.5. The standard InChI is InChI=1S/C43H46N2O7/c1-4-44-39(46)35-13-9-10-29(37(35)41(44)48)26-52-34-22-18-32(19-23-34)43(50,30-11-7-6-8-12-30)31-16-20-33(21-17-31)51-25-24-28-15-14-27(3)36-38(28)42(49)45(5-2)40(36)47/h6-12,14-23,27-29,46-50H,4-5,13,24-26H2,1-3H3. The average Bonchev–Trinajstić information content (AvgIpc) is 3.59. The molecule has 0 bridgehead atoms. The molecular formula is C43H46N2O7. The number of nitrogens with zero attached hydrogens (tertiary/aromatic N) is 2. The average molecular weight is 703 g/mol. The minimum absolute atomic E-state index is 0.0130. The third kappa shape index (κ3) is 5.98. The van der Waals surface area contributed by atoms with Crippen molar-refractivity contribution in [3.05, 3.63) is 142 Å². The summed E-state index contributed by atoms with van der Waals surface area (Å²) in [6.45, 7) is 7.40. The Bertz CT molecular complexity index is 2090. The quantitative estimate of drug-likeness (QED) is 0.0660. The van der Waals surface area contributed by atoms with Crippen LogP contribution in [0.1, 0.15) is 83.9 Å². The van der Waals surface area contributed by atoms with E-state index in [4.69, 9.17) is 9.47 Å². The lowest BCUT2D eigenvalue weighted by atomic mass is 9.80. The fourth-order valence-electron chi connectivity index (χ4n) is 7.87. The van der Waals surface area contributed by atoms with Gasteiger partial charge in [0.25, 0.3) is 0 Å². The molecule has 2 aliphatic carbocycles. The molecule has 52 heavy (non-hydrogen) atoms. The van der Waals surface area contributed by atoms with Crippen LogP contribution < -0.4 is 9.47 Å². The third-order valence-corrected chi connectivity index (χ3v) is 10.6. The van der Waals surface area contributed by atoms with Gasteiger partial charge in [-0.05, 0) is 67.6 Å². The molecule has 5 N–H and O–H groups in total. The van der Waals surface area contributed by atoms with Crippen LogP contribution in [-0.2, 0) is 25.1 Å². The SMILES string of the molecule is CCn1c(O)c2c(c1O)C(COc1ccc(C(O)(c3ccccc3)c3ccc(OCCC4C=CC(C)c5c4c(O)n(CC)c5O)cc3)cc1)C=CC2. The summed E-state index contributed by atoms with van der Waals surface area (Å²) in [4.78, 5) is 0. The van der Waals surface area contributed by atoms with E-state index >= 15 is 0 Å². The van der Waals surface area contributed by atoms with Gasteiger partial charge in [0.15, 0.2) is 23.5 Å². The van der Waals surface area contributed by atoms with E-state index in [0.29, 0.717) is 66.3 Å². The number of allylic oxidation sites excluding steroid dienone is 3. The Balaban J connectivity index is 1.06. The molecule has 4 unspecified atom stereocenters. The summed E-state index contributed by atoms with van der Waals surface area (Å²) < 4.78 is 15.4. The van der Waals surface area contributed by atoms with E-state index in [1.165, 1.54) is 4.57 Å². The van der Waals surface area contributed by atoms with E-state index in [0.717, 1.165) is 16.7 Å². The van der Waals surface area contributed by atoms with Crippen molar-refractivity contribution >= 4 is 0 Å². The van der Waals surface area contributed by atoms with Crippen LogP contribution in [0.15, 0.2) is 103 Å². The van der Waals surface area contributed by atoms with Crippen LogP contribution in [0.25, 0.3) is 0 Å². The first-order valence-corrected chi connectivity index (χ1v) is 18.0. The second-order valence-electron chi connectivity index (χ2n) is 13.6. The van der Waals surface area contributed by atoms with Gasteiger partial charge in [-0.3, -0.25) is 9.13 Å². The zero-order chi connectivity index (χ0) is 36.6. The highest BCUT2D eigenvalue weighted by molar-refractivity contribution is 5.55. The number of ether oxygens (including phenoxy) is 2. The molecule has 0 spiro atoms. The Morgan fingerprint density at radius 1 is 0.635 bits per heavy atom. The van der Waals surface area contributed by atoms with E-state index in [2.05, 4.69) is 12.2 Å². The van der Waals surface area contributed by atoms with Crippen LogP contribution in [0.2, 0.25) is 0 Å². The van der Waals surface area contributed by atoms with Crippen molar-refractivity contribution in [2.45, 2.75) is 70.1 Å². The number of aliphatic hydroxyl groups is 1. The van der Waals surface area contributed by atoms with Gasteiger partial charge < -0.3 is 35.0 Å². The Hall–Kier alpha value is -5.54. The van der Waals surface area contributed by atoms with Gasteiger partial charge in [-0.1, -0.05) is 85.8 Å². The lowest BCUT2D eigenvalue weighted by molar-refractivity contribution is 0.125. The lowest BCUT2D eigenvalue weighted by Crippen LogP contribution is -2.28. The molecule has 2 heterocycles. The van der Waals surface area contributed by atoms with Crippen LogP contribution in [0.4, 0.5) is 0 Å². The van der Waals surface area contributed by atoms with Crippen molar-refractivity contribution < 1.29 is 35.0 Å². The highest BCUT2D eigenvalue weighted by atomic mass is 16.5. The van der Waals surface area contributed by atoms with Crippen LogP contribution >= 0.6 is 0 Å². The minimum Gasteiger partial charge on any atom is -0.494 e. The highest BCUT2D eigenvalue weighted by Gasteiger charge is 2.35. The van der Waals surface area contributed by atoms with Crippen molar-refractivity contribution in [1.82, 2.24) is 9.13 Å². The van der Waals surface area contributed by atoms with E-state index < -0.39 is 5.60 Å². The van der Waals surface area contributed by atoms with Crippen LogP contribution in [0.5, 0.6) is 35.0 Å². The molecule has 7 rings (SSSR count). The molecule has 2 aromatic heterocycles. The van der Waals surface area contributed by atoms with E-state index in [-0.39, 0.29) is 47.9 Å². The van der Waals surface area contributed by atoms with Gasteiger partial charge in [0, 0.05) is 53.1 Å². The summed E-state index contributed by atoms with van der Waals surface area (Å²) in [5.41, 5.74) is 3.56. The predicted octanol–water partition coefficient (Wildman–Crippen LogP) is 7.94. The van der Waals surface area contributed by atoms with Crippen LogP contribution in [-0.4, -0.2) is 47.9 Å². The molecular weight excluding hydrogens is 656 g/mol. The van der Waals surface area contributed by atoms with Gasteiger partial charge in [0.2, 0.25) is 0 Å².